The van der Waals surface area contributed by atoms with Crippen LogP contribution >= 0.6 is 0 Å². The number of piperidine rings is 1. The monoisotopic (exact) mass is 514 g/mol. The Morgan fingerprint density at radius 3 is 2.46 bits per heavy atom. The summed E-state index contributed by atoms with van der Waals surface area (Å²) in [4.78, 5) is 27.7. The Morgan fingerprint density at radius 2 is 1.78 bits per heavy atom. The van der Waals surface area contributed by atoms with Crippen LogP contribution < -0.4 is 10.1 Å². The largest absolute Gasteiger partial charge is 0.573 e. The zero-order valence-corrected chi connectivity index (χ0v) is 21.5. The van der Waals surface area contributed by atoms with Crippen molar-refractivity contribution in [1.82, 2.24) is 10.2 Å². The molecule has 8 heteroatoms. The molecular weight excluding hydrogens is 481 g/mol. The van der Waals surface area contributed by atoms with Crippen LogP contribution in [-0.4, -0.2) is 42.6 Å². The second kappa shape index (κ2) is 10.7. The number of allylic oxidation sites excluding steroid dienone is 1. The summed E-state index contributed by atoms with van der Waals surface area (Å²) in [5, 5.41) is 3.05. The Bertz CT molecular complexity index is 1210. The number of halogens is 3. The predicted molar refractivity (Wildman–Crippen MR) is 136 cm³/mol. The number of nitrogens with zero attached hydrogens (tertiary/aromatic N) is 1. The molecule has 1 N–H and O–H groups in total. The molecule has 2 aliphatic heterocycles. The van der Waals surface area contributed by atoms with Crippen LogP contribution in [0.2, 0.25) is 0 Å². The number of hydrogen-bond donors (Lipinski definition) is 1. The molecular formula is C29H33F3N2O3. The average Bonchev–Trinajstić information content (AvgIpc) is 2.95. The Kier molecular flexibility index (Phi) is 7.78. The summed E-state index contributed by atoms with van der Waals surface area (Å²) in [6.45, 7) is 7.94. The first-order chi connectivity index (χ1) is 17.5. The molecule has 2 aromatic carbocycles. The lowest BCUT2D eigenvalue weighted by atomic mass is 9.74. The van der Waals surface area contributed by atoms with E-state index in [0.717, 1.165) is 55.6 Å². The predicted octanol–water partition coefficient (Wildman–Crippen LogP) is 6.06. The van der Waals surface area contributed by atoms with Crippen molar-refractivity contribution in [3.8, 4) is 5.75 Å². The second-order valence-corrected chi connectivity index (χ2v) is 10.2. The van der Waals surface area contributed by atoms with E-state index < -0.39 is 11.8 Å². The van der Waals surface area contributed by atoms with Crippen molar-refractivity contribution >= 4 is 17.4 Å². The molecule has 2 aromatic rings. The van der Waals surface area contributed by atoms with Crippen molar-refractivity contribution in [1.29, 1.82) is 0 Å². The van der Waals surface area contributed by atoms with Crippen LogP contribution in [0.1, 0.15) is 66.6 Å². The molecule has 1 fully saturated rings. The van der Waals surface area contributed by atoms with Gasteiger partial charge in [0.15, 0.2) is 5.78 Å². The van der Waals surface area contributed by atoms with E-state index in [2.05, 4.69) is 21.0 Å². The van der Waals surface area contributed by atoms with Gasteiger partial charge in [0, 0.05) is 23.4 Å². The summed E-state index contributed by atoms with van der Waals surface area (Å²) in [6, 6.07) is 11.6. The lowest BCUT2D eigenvalue weighted by Crippen LogP contribution is -2.48. The third-order valence-corrected chi connectivity index (χ3v) is 7.82. The molecule has 1 amide bonds. The number of carbonyl (C=O) groups is 2. The fourth-order valence-corrected chi connectivity index (χ4v) is 5.48. The molecule has 2 aliphatic rings. The molecule has 5 nitrogen and oxygen atoms in total. The Balaban J connectivity index is 1.40. The van der Waals surface area contributed by atoms with Crippen LogP contribution in [0.3, 0.4) is 0 Å². The smallest absolute Gasteiger partial charge is 0.406 e. The molecule has 198 valence electrons. The number of ketones is 1. The van der Waals surface area contributed by atoms with E-state index in [-0.39, 0.29) is 17.4 Å². The Labute approximate surface area is 215 Å². The van der Waals surface area contributed by atoms with Crippen molar-refractivity contribution in [2.75, 3.05) is 19.6 Å². The molecule has 37 heavy (non-hydrogen) atoms. The van der Waals surface area contributed by atoms with E-state index in [1.807, 2.05) is 26.0 Å². The summed E-state index contributed by atoms with van der Waals surface area (Å²) >= 11 is 0. The molecule has 0 saturated carbocycles. The first-order valence-electron chi connectivity index (χ1n) is 12.7. The highest BCUT2D eigenvalue weighted by molar-refractivity contribution is 5.95. The maximum Gasteiger partial charge on any atom is 0.573 e. The van der Waals surface area contributed by atoms with Crippen molar-refractivity contribution in [3.05, 3.63) is 70.3 Å². The van der Waals surface area contributed by atoms with Crippen molar-refractivity contribution in [2.45, 2.75) is 59.2 Å². The van der Waals surface area contributed by atoms with E-state index in [0.29, 0.717) is 24.1 Å². The number of likely N-dealkylation sites (tertiary alicyclic amines) is 1. The lowest BCUT2D eigenvalue weighted by Gasteiger charge is -2.40. The van der Waals surface area contributed by atoms with Crippen LogP contribution in [0.4, 0.5) is 13.2 Å². The first kappa shape index (κ1) is 26.9. The van der Waals surface area contributed by atoms with E-state index >= 15 is 0 Å². The quantitative estimate of drug-likeness (QED) is 0.476. The van der Waals surface area contributed by atoms with E-state index in [9.17, 15) is 22.8 Å². The van der Waals surface area contributed by atoms with E-state index in [4.69, 9.17) is 0 Å². The number of amides is 1. The van der Waals surface area contributed by atoms with Gasteiger partial charge in [0.05, 0.1) is 5.41 Å². The van der Waals surface area contributed by atoms with Crippen LogP contribution in [-0.2, 0) is 11.2 Å². The third-order valence-electron chi connectivity index (χ3n) is 7.82. The van der Waals surface area contributed by atoms with Crippen LogP contribution in [0.25, 0.3) is 5.70 Å². The van der Waals surface area contributed by atoms with Crippen molar-refractivity contribution in [2.24, 2.45) is 5.41 Å². The molecule has 0 radical (unpaired) electrons. The molecule has 0 aromatic heterocycles. The van der Waals surface area contributed by atoms with Gasteiger partial charge >= 0.3 is 6.36 Å². The molecule has 0 bridgehead atoms. The van der Waals surface area contributed by atoms with Crippen LogP contribution in [0.15, 0.2) is 48.0 Å². The molecule has 1 saturated heterocycles. The highest BCUT2D eigenvalue weighted by Crippen LogP contribution is 2.41. The first-order valence-corrected chi connectivity index (χ1v) is 12.7. The van der Waals surface area contributed by atoms with E-state index in [1.54, 1.807) is 13.0 Å². The minimum atomic E-state index is -4.78. The van der Waals surface area contributed by atoms with Crippen LogP contribution in [0, 0.1) is 12.3 Å². The standard InChI is InChI=1S/C29H33F3N2O3/c1-19-10-12-28(27(36)33-26(19)23-7-4-8-24(18-23)37-29(30,31)32)13-16-34(17-14-28)15-11-22-6-5-9-25(20(22)2)21(3)35/h4-9,18H,10-17H2,1-3H3,(H,33,36). The molecule has 0 unspecified atom stereocenters. The van der Waals surface area contributed by atoms with Gasteiger partial charge in [0.1, 0.15) is 5.75 Å². The van der Waals surface area contributed by atoms with Gasteiger partial charge in [0.2, 0.25) is 5.91 Å². The van der Waals surface area contributed by atoms with Gasteiger partial charge in [-0.3, -0.25) is 9.59 Å². The molecule has 4 rings (SSSR count). The maximum atomic E-state index is 13.5. The Morgan fingerprint density at radius 1 is 1.08 bits per heavy atom. The number of nitrogens with one attached hydrogen (secondary N) is 1. The minimum Gasteiger partial charge on any atom is -0.406 e. The molecule has 0 atom stereocenters. The molecule has 2 heterocycles. The number of alkyl halides is 3. The zero-order valence-electron chi connectivity index (χ0n) is 21.5. The second-order valence-electron chi connectivity index (χ2n) is 10.2. The van der Waals surface area contributed by atoms with Gasteiger partial charge in [-0.25, -0.2) is 0 Å². The number of carbonyl (C=O) groups excluding carboxylic acids is 2. The van der Waals surface area contributed by atoms with Gasteiger partial charge in [-0.1, -0.05) is 30.3 Å². The van der Waals surface area contributed by atoms with Gasteiger partial charge in [-0.15, -0.1) is 13.2 Å². The van der Waals surface area contributed by atoms with Gasteiger partial charge in [-0.2, -0.15) is 0 Å². The number of rotatable bonds is 6. The normalized spacial score (nSPS) is 18.5. The summed E-state index contributed by atoms with van der Waals surface area (Å²) in [6.07, 6.45) is -1.09. The highest BCUT2D eigenvalue weighted by atomic mass is 19.4. The van der Waals surface area contributed by atoms with Gasteiger partial charge in [0.25, 0.3) is 0 Å². The summed E-state index contributed by atoms with van der Waals surface area (Å²) in [7, 11) is 0. The molecule has 1 spiro atoms. The Hall–Kier alpha value is -3.13. The minimum absolute atomic E-state index is 0.0638. The topological polar surface area (TPSA) is 58.6 Å². The SMILES string of the molecule is CC(=O)c1cccc(CCN2CCC3(CCC(C)=C(c4cccc(OC(F)(F)F)c4)NC3=O)CC2)c1C. The number of ether oxygens (including phenoxy) is 1. The fourth-order valence-electron chi connectivity index (χ4n) is 5.48. The number of Topliss-reactive ketones (excluding diaryl/α,β-unsaturated/α-hetero) is 1. The van der Waals surface area contributed by atoms with E-state index in [1.165, 1.54) is 23.8 Å². The highest BCUT2D eigenvalue weighted by Gasteiger charge is 2.42. The third kappa shape index (κ3) is 6.24. The summed E-state index contributed by atoms with van der Waals surface area (Å²) in [5.41, 5.74) is 4.48. The average molecular weight is 515 g/mol. The van der Waals surface area contributed by atoms with Crippen LogP contribution in [0.5, 0.6) is 5.75 Å². The zero-order chi connectivity index (χ0) is 26.8. The number of benzene rings is 2. The van der Waals surface area contributed by atoms with Gasteiger partial charge < -0.3 is 15.0 Å². The number of hydrogen-bond acceptors (Lipinski definition) is 4. The summed E-state index contributed by atoms with van der Waals surface area (Å²) in [5.74, 6) is -0.302. The maximum absolute atomic E-state index is 13.5. The fraction of sp³-hybridized carbons (Fsp3) is 0.448. The van der Waals surface area contributed by atoms with Crippen molar-refractivity contribution < 1.29 is 27.5 Å². The van der Waals surface area contributed by atoms with Gasteiger partial charge in [-0.05, 0) is 94.8 Å². The lowest BCUT2D eigenvalue weighted by molar-refractivity contribution is -0.274. The van der Waals surface area contributed by atoms with Crippen molar-refractivity contribution in [3.63, 3.8) is 0 Å². The summed E-state index contributed by atoms with van der Waals surface area (Å²) < 4.78 is 42.1. The molecule has 0 aliphatic carbocycles.